The number of nitrogens with zero attached hydrogens (tertiary/aromatic N) is 1. The fourth-order valence-corrected chi connectivity index (χ4v) is 3.20. The monoisotopic (exact) mass is 384 g/mol. The molecule has 1 N–H and O–H groups in total. The third kappa shape index (κ3) is 5.14. The summed E-state index contributed by atoms with van der Waals surface area (Å²) in [6, 6.07) is 4.81. The van der Waals surface area contributed by atoms with Crippen LogP contribution >= 0.6 is 23.4 Å². The first-order valence-electron chi connectivity index (χ1n) is 7.39. The molecule has 0 bridgehead atoms. The Balaban J connectivity index is 2.09. The second-order valence-corrected chi connectivity index (χ2v) is 6.33. The molecular weight excluding hydrogens is 368 g/mol. The average Bonchev–Trinajstić information content (AvgIpc) is 2.88. The number of hydrogen-bond acceptors (Lipinski definition) is 6. The average molecular weight is 385 g/mol. The molecule has 1 aromatic rings. The van der Waals surface area contributed by atoms with E-state index in [2.05, 4.69) is 5.32 Å². The van der Waals surface area contributed by atoms with Gasteiger partial charge in [0.2, 0.25) is 11.8 Å². The number of benzene rings is 1. The van der Waals surface area contributed by atoms with Gasteiger partial charge in [0.05, 0.1) is 36.3 Å². The molecule has 0 aromatic heterocycles. The van der Waals surface area contributed by atoms with Crippen LogP contribution in [-0.2, 0) is 19.1 Å². The Bertz CT molecular complexity index is 722. The lowest BCUT2D eigenvalue weighted by molar-refractivity contribution is -0.137. The van der Waals surface area contributed by atoms with Gasteiger partial charge in [-0.15, -0.1) is 0 Å². The number of methoxy groups -OCH3 is 1. The minimum absolute atomic E-state index is 0.166. The molecule has 1 aliphatic heterocycles. The standard InChI is InChI=1S/C16H17ClN2O5S/c1-3-24-16(22)7-15-19(14(21)9-25-15)8-13(20)18-11-6-10(17)4-5-12(11)23-2/h4-7H,3,8-9H2,1-2H3,(H,18,20)/b15-7-. The fraction of sp³-hybridized carbons (Fsp3) is 0.312. The Morgan fingerprint density at radius 3 is 2.88 bits per heavy atom. The van der Waals surface area contributed by atoms with Crippen LogP contribution in [0.2, 0.25) is 5.02 Å². The number of amides is 2. The first kappa shape index (κ1) is 19.1. The van der Waals surface area contributed by atoms with Crippen molar-refractivity contribution in [3.05, 3.63) is 34.3 Å². The van der Waals surface area contributed by atoms with Gasteiger partial charge >= 0.3 is 5.97 Å². The quantitative estimate of drug-likeness (QED) is 0.598. The van der Waals surface area contributed by atoms with E-state index >= 15 is 0 Å². The molecule has 0 spiro atoms. The molecule has 2 amide bonds. The lowest BCUT2D eigenvalue weighted by atomic mass is 10.3. The van der Waals surface area contributed by atoms with Gasteiger partial charge in [-0.05, 0) is 25.1 Å². The van der Waals surface area contributed by atoms with Gasteiger partial charge in [0.1, 0.15) is 12.3 Å². The lowest BCUT2D eigenvalue weighted by Gasteiger charge is -2.17. The van der Waals surface area contributed by atoms with Gasteiger partial charge in [-0.3, -0.25) is 14.5 Å². The summed E-state index contributed by atoms with van der Waals surface area (Å²) in [5.74, 6) is -0.636. The van der Waals surface area contributed by atoms with Crippen molar-refractivity contribution in [3.63, 3.8) is 0 Å². The van der Waals surface area contributed by atoms with E-state index in [0.717, 1.165) is 0 Å². The Labute approximate surface area is 154 Å². The largest absolute Gasteiger partial charge is 0.495 e. The van der Waals surface area contributed by atoms with Gasteiger partial charge < -0.3 is 14.8 Å². The summed E-state index contributed by atoms with van der Waals surface area (Å²) in [7, 11) is 1.47. The van der Waals surface area contributed by atoms with Crippen molar-refractivity contribution in [2.24, 2.45) is 0 Å². The Kier molecular flexibility index (Phi) is 6.72. The van der Waals surface area contributed by atoms with E-state index in [0.29, 0.717) is 21.5 Å². The maximum atomic E-state index is 12.3. The van der Waals surface area contributed by atoms with E-state index in [4.69, 9.17) is 21.1 Å². The molecule has 0 unspecified atom stereocenters. The zero-order valence-corrected chi connectivity index (χ0v) is 15.3. The molecule has 25 heavy (non-hydrogen) atoms. The number of rotatable bonds is 6. The van der Waals surface area contributed by atoms with Crippen LogP contribution in [-0.4, -0.2) is 48.7 Å². The third-order valence-corrected chi connectivity index (χ3v) is 4.44. The number of carbonyl (C=O) groups excluding carboxylic acids is 3. The first-order chi connectivity index (χ1) is 11.9. The van der Waals surface area contributed by atoms with Gasteiger partial charge in [0.15, 0.2) is 0 Å². The number of esters is 1. The second-order valence-electron chi connectivity index (χ2n) is 4.90. The van der Waals surface area contributed by atoms with Gasteiger partial charge in [0, 0.05) is 5.02 Å². The fourth-order valence-electron chi connectivity index (χ4n) is 2.10. The van der Waals surface area contributed by atoms with E-state index in [-0.39, 0.29) is 24.8 Å². The van der Waals surface area contributed by atoms with Crippen molar-refractivity contribution in [2.45, 2.75) is 6.92 Å². The molecule has 9 heteroatoms. The van der Waals surface area contributed by atoms with Crippen LogP contribution in [0.15, 0.2) is 29.3 Å². The molecule has 134 valence electrons. The zero-order chi connectivity index (χ0) is 18.4. The summed E-state index contributed by atoms with van der Waals surface area (Å²) >= 11 is 7.11. The number of ether oxygens (including phenoxy) is 2. The third-order valence-electron chi connectivity index (χ3n) is 3.18. The van der Waals surface area contributed by atoms with Crippen molar-refractivity contribution in [1.82, 2.24) is 4.90 Å². The van der Waals surface area contributed by atoms with E-state index < -0.39 is 11.9 Å². The summed E-state index contributed by atoms with van der Waals surface area (Å²) < 4.78 is 10.00. The predicted octanol–water partition coefficient (Wildman–Crippen LogP) is 2.27. The van der Waals surface area contributed by atoms with Gasteiger partial charge in [0.25, 0.3) is 0 Å². The normalized spacial score (nSPS) is 15.4. The summed E-state index contributed by atoms with van der Waals surface area (Å²) in [6.07, 6.45) is 1.21. The number of thioether (sulfide) groups is 1. The summed E-state index contributed by atoms with van der Waals surface area (Å²) in [6.45, 7) is 1.69. The van der Waals surface area contributed by atoms with Gasteiger partial charge in [-0.1, -0.05) is 23.4 Å². The van der Waals surface area contributed by atoms with Crippen LogP contribution in [0.4, 0.5) is 5.69 Å². The first-order valence-corrected chi connectivity index (χ1v) is 8.76. The molecule has 1 fully saturated rings. The highest BCUT2D eigenvalue weighted by atomic mass is 35.5. The van der Waals surface area contributed by atoms with Crippen molar-refractivity contribution >= 4 is 46.8 Å². The molecule has 7 nitrogen and oxygen atoms in total. The molecule has 1 aliphatic rings. The van der Waals surface area contributed by atoms with E-state index in [9.17, 15) is 14.4 Å². The highest BCUT2D eigenvalue weighted by Crippen LogP contribution is 2.30. The van der Waals surface area contributed by atoms with Gasteiger partial charge in [-0.2, -0.15) is 0 Å². The van der Waals surface area contributed by atoms with Crippen LogP contribution in [0.5, 0.6) is 5.75 Å². The maximum absolute atomic E-state index is 12.3. The molecule has 2 rings (SSSR count). The van der Waals surface area contributed by atoms with Crippen LogP contribution < -0.4 is 10.1 Å². The molecule has 0 atom stereocenters. The van der Waals surface area contributed by atoms with E-state index in [1.54, 1.807) is 25.1 Å². The molecule has 1 saturated heterocycles. The van der Waals surface area contributed by atoms with Crippen molar-refractivity contribution < 1.29 is 23.9 Å². The van der Waals surface area contributed by atoms with Crippen molar-refractivity contribution in [2.75, 3.05) is 31.3 Å². The molecular formula is C16H17ClN2O5S. The minimum Gasteiger partial charge on any atom is -0.495 e. The Morgan fingerprint density at radius 1 is 1.44 bits per heavy atom. The predicted molar refractivity (Wildman–Crippen MR) is 95.5 cm³/mol. The van der Waals surface area contributed by atoms with Gasteiger partial charge in [-0.25, -0.2) is 4.79 Å². The van der Waals surface area contributed by atoms with Crippen molar-refractivity contribution in [3.8, 4) is 5.75 Å². The molecule has 1 heterocycles. The van der Waals surface area contributed by atoms with Crippen LogP contribution in [0.25, 0.3) is 0 Å². The van der Waals surface area contributed by atoms with Crippen molar-refractivity contribution in [1.29, 1.82) is 0 Å². The molecule has 1 aromatic carbocycles. The highest BCUT2D eigenvalue weighted by Gasteiger charge is 2.29. The SMILES string of the molecule is CCOC(=O)/C=C1\SCC(=O)N1CC(=O)Nc1cc(Cl)ccc1OC. The Hall–Kier alpha value is -2.19. The minimum atomic E-state index is -0.554. The number of nitrogens with one attached hydrogen (secondary N) is 1. The molecule has 0 aliphatic carbocycles. The Morgan fingerprint density at radius 2 is 2.20 bits per heavy atom. The molecule has 0 saturated carbocycles. The number of halogens is 1. The number of carbonyl (C=O) groups is 3. The topological polar surface area (TPSA) is 84.9 Å². The van der Waals surface area contributed by atoms with Crippen LogP contribution in [0, 0.1) is 0 Å². The second kappa shape index (κ2) is 8.77. The van der Waals surface area contributed by atoms with E-state index in [1.165, 1.54) is 29.8 Å². The maximum Gasteiger partial charge on any atom is 0.333 e. The van der Waals surface area contributed by atoms with E-state index in [1.807, 2.05) is 0 Å². The lowest BCUT2D eigenvalue weighted by Crippen LogP contribution is -2.34. The number of hydrogen-bond donors (Lipinski definition) is 1. The zero-order valence-electron chi connectivity index (χ0n) is 13.7. The highest BCUT2D eigenvalue weighted by molar-refractivity contribution is 8.04. The summed E-state index contributed by atoms with van der Waals surface area (Å²) in [5.41, 5.74) is 0.398. The van der Waals surface area contributed by atoms with Crippen LogP contribution in [0.3, 0.4) is 0 Å². The summed E-state index contributed by atoms with van der Waals surface area (Å²) in [4.78, 5) is 37.1. The number of anilines is 1. The van der Waals surface area contributed by atoms with Crippen LogP contribution in [0.1, 0.15) is 6.92 Å². The summed E-state index contributed by atoms with van der Waals surface area (Å²) in [5, 5.41) is 3.48. The molecule has 0 radical (unpaired) electrons. The smallest absolute Gasteiger partial charge is 0.333 e.